The van der Waals surface area contributed by atoms with E-state index in [-0.39, 0.29) is 18.7 Å². The van der Waals surface area contributed by atoms with Crippen molar-refractivity contribution in [2.75, 3.05) is 6.79 Å². The lowest BCUT2D eigenvalue weighted by atomic mass is 9.88. The smallest absolute Gasteiger partial charge is 0.309 e. The summed E-state index contributed by atoms with van der Waals surface area (Å²) < 4.78 is 16.2. The zero-order valence-corrected chi connectivity index (χ0v) is 10.6. The minimum absolute atomic E-state index is 0.000392. The quantitative estimate of drug-likeness (QED) is 0.755. The monoisotopic (exact) mass is 248 g/mol. The van der Waals surface area contributed by atoms with E-state index >= 15 is 0 Å². The third-order valence-corrected chi connectivity index (χ3v) is 3.77. The fourth-order valence-corrected chi connectivity index (χ4v) is 2.61. The summed E-state index contributed by atoms with van der Waals surface area (Å²) in [7, 11) is 0. The summed E-state index contributed by atoms with van der Waals surface area (Å²) in [5.74, 6) is 1.38. The molecule has 0 amide bonds. The first-order chi connectivity index (χ1) is 8.62. The Balaban J connectivity index is 1.93. The molecule has 1 saturated heterocycles. The Labute approximate surface area is 106 Å². The molecule has 0 radical (unpaired) electrons. The largest absolute Gasteiger partial charge is 0.454 e. The van der Waals surface area contributed by atoms with Gasteiger partial charge in [0, 0.05) is 6.42 Å². The van der Waals surface area contributed by atoms with Gasteiger partial charge in [0.2, 0.25) is 6.79 Å². The maximum atomic E-state index is 11.7. The minimum Gasteiger partial charge on any atom is -0.454 e. The summed E-state index contributed by atoms with van der Waals surface area (Å²) in [4.78, 5) is 11.7. The van der Waals surface area contributed by atoms with Crippen LogP contribution in [0.1, 0.15) is 32.3 Å². The first-order valence-electron chi connectivity index (χ1n) is 6.25. The zero-order chi connectivity index (χ0) is 12.8. The van der Waals surface area contributed by atoms with E-state index in [1.807, 2.05) is 32.0 Å². The summed E-state index contributed by atoms with van der Waals surface area (Å²) in [5.41, 5.74) is 0.426. The van der Waals surface area contributed by atoms with E-state index in [0.717, 1.165) is 29.9 Å². The van der Waals surface area contributed by atoms with Crippen LogP contribution in [-0.2, 0) is 15.1 Å². The third-order valence-electron chi connectivity index (χ3n) is 3.77. The molecule has 96 valence electrons. The van der Waals surface area contributed by atoms with E-state index in [0.29, 0.717) is 0 Å². The van der Waals surface area contributed by atoms with Crippen LogP contribution in [0.5, 0.6) is 11.5 Å². The first kappa shape index (κ1) is 11.4. The Bertz CT molecular complexity index is 497. The van der Waals surface area contributed by atoms with E-state index in [2.05, 4.69) is 0 Å². The van der Waals surface area contributed by atoms with Gasteiger partial charge in [-0.15, -0.1) is 0 Å². The van der Waals surface area contributed by atoms with Gasteiger partial charge in [-0.05, 0) is 31.0 Å². The number of benzene rings is 1. The van der Waals surface area contributed by atoms with Gasteiger partial charge in [0.1, 0.15) is 5.60 Å². The number of carbonyl (C=O) groups is 1. The van der Waals surface area contributed by atoms with Crippen molar-refractivity contribution in [3.63, 3.8) is 0 Å². The molecule has 0 N–H and O–H groups in total. The van der Waals surface area contributed by atoms with Gasteiger partial charge in [-0.2, -0.15) is 0 Å². The topological polar surface area (TPSA) is 44.8 Å². The molecule has 18 heavy (non-hydrogen) atoms. The molecule has 1 aromatic carbocycles. The van der Waals surface area contributed by atoms with Crippen LogP contribution in [0.25, 0.3) is 0 Å². The van der Waals surface area contributed by atoms with Crippen LogP contribution in [0.4, 0.5) is 0 Å². The predicted molar refractivity (Wildman–Crippen MR) is 64.4 cm³/mol. The summed E-state index contributed by atoms with van der Waals surface area (Å²) in [6.45, 7) is 4.22. The highest BCUT2D eigenvalue weighted by molar-refractivity contribution is 5.75. The van der Waals surface area contributed by atoms with Crippen LogP contribution in [-0.4, -0.2) is 12.8 Å². The van der Waals surface area contributed by atoms with Crippen LogP contribution in [0.2, 0.25) is 0 Å². The maximum absolute atomic E-state index is 11.7. The van der Waals surface area contributed by atoms with Crippen LogP contribution in [0, 0.1) is 5.92 Å². The minimum atomic E-state index is -0.543. The summed E-state index contributed by atoms with van der Waals surface area (Å²) in [6.07, 6.45) is 1.54. The zero-order valence-electron chi connectivity index (χ0n) is 10.6. The Hall–Kier alpha value is -1.71. The predicted octanol–water partition coefficient (Wildman–Crippen LogP) is 2.60. The maximum Gasteiger partial charge on any atom is 0.309 e. The van der Waals surface area contributed by atoms with Gasteiger partial charge in [-0.3, -0.25) is 4.79 Å². The molecule has 4 heteroatoms. The first-order valence-corrected chi connectivity index (χ1v) is 6.25. The van der Waals surface area contributed by atoms with E-state index in [9.17, 15) is 4.79 Å². The second-order valence-corrected chi connectivity index (χ2v) is 5.03. The van der Waals surface area contributed by atoms with E-state index < -0.39 is 5.60 Å². The Morgan fingerprint density at radius 2 is 2.11 bits per heavy atom. The molecule has 1 fully saturated rings. The number of ether oxygens (including phenoxy) is 3. The summed E-state index contributed by atoms with van der Waals surface area (Å²) >= 11 is 0. The third kappa shape index (κ3) is 1.64. The van der Waals surface area contributed by atoms with Gasteiger partial charge >= 0.3 is 5.97 Å². The molecule has 0 aliphatic carbocycles. The van der Waals surface area contributed by atoms with Crippen LogP contribution < -0.4 is 9.47 Å². The lowest BCUT2D eigenvalue weighted by Crippen LogP contribution is -2.20. The molecule has 4 nitrogen and oxygen atoms in total. The standard InChI is InChI=1S/C14H16O4/c1-3-9-7-14(2,18-13(9)15)10-4-5-11-12(6-10)17-8-16-11/h4-6,9H,3,7-8H2,1-2H3/t9-,14+/m0/s1. The second-order valence-electron chi connectivity index (χ2n) is 5.03. The van der Waals surface area contributed by atoms with Gasteiger partial charge in [-0.25, -0.2) is 0 Å². The van der Waals surface area contributed by atoms with Gasteiger partial charge in [0.05, 0.1) is 5.92 Å². The molecule has 2 aliphatic heterocycles. The molecule has 3 rings (SSSR count). The van der Waals surface area contributed by atoms with Gasteiger partial charge in [0.25, 0.3) is 0 Å². The Kier molecular flexibility index (Phi) is 2.47. The SMILES string of the molecule is CC[C@H]1C[C@](C)(c2ccc3c(c2)OCO3)OC1=O. The van der Waals surface area contributed by atoms with E-state index in [4.69, 9.17) is 14.2 Å². The number of hydrogen-bond donors (Lipinski definition) is 0. The number of fused-ring (bicyclic) bond motifs is 1. The van der Waals surface area contributed by atoms with Crippen LogP contribution in [0.15, 0.2) is 18.2 Å². The van der Waals surface area contributed by atoms with Crippen molar-refractivity contribution in [2.24, 2.45) is 5.92 Å². The number of hydrogen-bond acceptors (Lipinski definition) is 4. The summed E-state index contributed by atoms with van der Waals surface area (Å²) in [5, 5.41) is 0. The average molecular weight is 248 g/mol. The molecule has 1 aromatic rings. The highest BCUT2D eigenvalue weighted by atomic mass is 16.7. The van der Waals surface area contributed by atoms with Crippen molar-refractivity contribution in [1.82, 2.24) is 0 Å². The Morgan fingerprint density at radius 3 is 2.83 bits per heavy atom. The molecular weight excluding hydrogens is 232 g/mol. The molecule has 0 aromatic heterocycles. The molecule has 0 saturated carbocycles. The van der Waals surface area contributed by atoms with Gasteiger partial charge in [-0.1, -0.05) is 13.0 Å². The molecule has 0 bridgehead atoms. The van der Waals surface area contributed by atoms with Crippen molar-refractivity contribution in [3.05, 3.63) is 23.8 Å². The highest BCUT2D eigenvalue weighted by Crippen LogP contribution is 2.43. The molecule has 2 aliphatic rings. The number of esters is 1. The van der Waals surface area contributed by atoms with Gasteiger partial charge < -0.3 is 14.2 Å². The van der Waals surface area contributed by atoms with Crippen molar-refractivity contribution in [3.8, 4) is 11.5 Å². The Morgan fingerprint density at radius 1 is 1.33 bits per heavy atom. The average Bonchev–Trinajstić information content (AvgIpc) is 2.93. The van der Waals surface area contributed by atoms with Gasteiger partial charge in [0.15, 0.2) is 11.5 Å². The number of carbonyl (C=O) groups excluding carboxylic acids is 1. The number of cyclic esters (lactones) is 1. The summed E-state index contributed by atoms with van der Waals surface area (Å²) in [6, 6.07) is 5.72. The van der Waals surface area contributed by atoms with Crippen molar-refractivity contribution < 1.29 is 19.0 Å². The molecule has 2 atom stereocenters. The van der Waals surface area contributed by atoms with Crippen LogP contribution in [0.3, 0.4) is 0 Å². The molecule has 0 spiro atoms. The highest BCUT2D eigenvalue weighted by Gasteiger charge is 2.44. The van der Waals surface area contributed by atoms with E-state index in [1.165, 1.54) is 0 Å². The van der Waals surface area contributed by atoms with E-state index in [1.54, 1.807) is 0 Å². The normalized spacial score (nSPS) is 29.4. The molecular formula is C14H16O4. The number of rotatable bonds is 2. The van der Waals surface area contributed by atoms with Crippen molar-refractivity contribution in [2.45, 2.75) is 32.3 Å². The second kappa shape index (κ2) is 3.90. The fourth-order valence-electron chi connectivity index (χ4n) is 2.61. The lowest BCUT2D eigenvalue weighted by molar-refractivity contribution is -0.150. The lowest BCUT2D eigenvalue weighted by Gasteiger charge is -2.23. The fraction of sp³-hybridized carbons (Fsp3) is 0.500. The van der Waals surface area contributed by atoms with Crippen molar-refractivity contribution in [1.29, 1.82) is 0 Å². The van der Waals surface area contributed by atoms with Crippen molar-refractivity contribution >= 4 is 5.97 Å². The molecule has 0 unspecified atom stereocenters. The van der Waals surface area contributed by atoms with Crippen LogP contribution >= 0.6 is 0 Å². The molecule has 2 heterocycles.